The maximum absolute atomic E-state index is 12.2. The van der Waals surface area contributed by atoms with Gasteiger partial charge in [0.05, 0.1) is 25.2 Å². The summed E-state index contributed by atoms with van der Waals surface area (Å²) in [5.74, 6) is -1.98. The lowest BCUT2D eigenvalue weighted by molar-refractivity contribution is -0.147. The number of nitrogens with one attached hydrogen (secondary N) is 1. The van der Waals surface area contributed by atoms with Crippen molar-refractivity contribution < 1.29 is 37.8 Å². The molecule has 1 heterocycles. The van der Waals surface area contributed by atoms with Crippen molar-refractivity contribution in [2.24, 2.45) is 0 Å². The van der Waals surface area contributed by atoms with Crippen molar-refractivity contribution in [3.8, 4) is 5.75 Å². The van der Waals surface area contributed by atoms with Crippen LogP contribution in [-0.2, 0) is 19.1 Å². The summed E-state index contributed by atoms with van der Waals surface area (Å²) < 4.78 is 20.7. The van der Waals surface area contributed by atoms with Gasteiger partial charge in [0.1, 0.15) is 17.1 Å². The fraction of sp³-hybridized carbons (Fsp3) is 0.364. The van der Waals surface area contributed by atoms with E-state index in [-0.39, 0.29) is 42.4 Å². The largest absolute Gasteiger partial charge is 0.493 e. The third-order valence-electron chi connectivity index (χ3n) is 4.19. The van der Waals surface area contributed by atoms with E-state index >= 15 is 0 Å². The van der Waals surface area contributed by atoms with Crippen molar-refractivity contribution in [1.29, 1.82) is 0 Å². The van der Waals surface area contributed by atoms with E-state index in [0.29, 0.717) is 5.75 Å². The van der Waals surface area contributed by atoms with Crippen LogP contribution in [0.2, 0.25) is 0 Å². The fourth-order valence-corrected chi connectivity index (χ4v) is 2.80. The van der Waals surface area contributed by atoms with E-state index in [1.165, 1.54) is 13.8 Å². The lowest BCUT2D eigenvalue weighted by atomic mass is 10.1. The van der Waals surface area contributed by atoms with Crippen LogP contribution in [0, 0.1) is 13.8 Å². The Kier molecular flexibility index (Phi) is 8.36. The highest BCUT2D eigenvalue weighted by Gasteiger charge is 2.28. The normalized spacial score (nSPS) is 10.3. The molecule has 31 heavy (non-hydrogen) atoms. The van der Waals surface area contributed by atoms with Gasteiger partial charge in [-0.15, -0.1) is 0 Å². The summed E-state index contributed by atoms with van der Waals surface area (Å²) in [6, 6.07) is 7.37. The predicted octanol–water partition coefficient (Wildman–Crippen LogP) is 3.23. The SMILES string of the molecule is CCOC(=O)c1c(NC(=O)COC(=O)CCOc2ccccc2C)oc(C)c1C(C)=O. The molecule has 1 aromatic carbocycles. The number of carbonyl (C=O) groups is 4. The number of hydrogen-bond acceptors (Lipinski definition) is 8. The van der Waals surface area contributed by atoms with Crippen molar-refractivity contribution in [1.82, 2.24) is 0 Å². The number of ether oxygens (including phenoxy) is 3. The maximum Gasteiger partial charge on any atom is 0.344 e. The van der Waals surface area contributed by atoms with Crippen LogP contribution in [0.1, 0.15) is 52.3 Å². The van der Waals surface area contributed by atoms with Crippen LogP contribution in [0.25, 0.3) is 0 Å². The molecule has 0 radical (unpaired) electrons. The number of ketones is 1. The van der Waals surface area contributed by atoms with Gasteiger partial charge in [0.15, 0.2) is 12.4 Å². The van der Waals surface area contributed by atoms with E-state index in [4.69, 9.17) is 18.6 Å². The van der Waals surface area contributed by atoms with Crippen LogP contribution in [0.5, 0.6) is 5.75 Å². The van der Waals surface area contributed by atoms with Crippen molar-refractivity contribution in [2.75, 3.05) is 25.1 Å². The molecule has 1 N–H and O–H groups in total. The Morgan fingerprint density at radius 1 is 1.03 bits per heavy atom. The Labute approximate surface area is 179 Å². The minimum absolute atomic E-state index is 0.0269. The quantitative estimate of drug-likeness (QED) is 0.450. The van der Waals surface area contributed by atoms with E-state index in [0.717, 1.165) is 5.56 Å². The summed E-state index contributed by atoms with van der Waals surface area (Å²) >= 11 is 0. The number of aryl methyl sites for hydroxylation is 2. The fourth-order valence-electron chi connectivity index (χ4n) is 2.80. The number of para-hydroxylation sites is 1. The van der Waals surface area contributed by atoms with Crippen LogP contribution in [0.4, 0.5) is 5.88 Å². The van der Waals surface area contributed by atoms with E-state index in [1.807, 2.05) is 25.1 Å². The average Bonchev–Trinajstić information content (AvgIpc) is 3.04. The number of anilines is 1. The highest BCUT2D eigenvalue weighted by atomic mass is 16.5. The van der Waals surface area contributed by atoms with Gasteiger partial charge in [0.25, 0.3) is 5.91 Å². The molecular weight excluding hydrogens is 406 g/mol. The van der Waals surface area contributed by atoms with Crippen molar-refractivity contribution in [2.45, 2.75) is 34.1 Å². The van der Waals surface area contributed by atoms with Gasteiger partial charge in [-0.05, 0) is 39.3 Å². The summed E-state index contributed by atoms with van der Waals surface area (Å²) in [6.07, 6.45) is -0.0516. The van der Waals surface area contributed by atoms with Gasteiger partial charge in [0, 0.05) is 0 Å². The third kappa shape index (κ3) is 6.43. The van der Waals surface area contributed by atoms with E-state index < -0.39 is 30.2 Å². The molecule has 0 aliphatic rings. The van der Waals surface area contributed by atoms with Gasteiger partial charge in [-0.3, -0.25) is 19.7 Å². The number of hydrogen-bond donors (Lipinski definition) is 1. The van der Waals surface area contributed by atoms with Crippen molar-refractivity contribution in [3.63, 3.8) is 0 Å². The molecular formula is C22H25NO8. The van der Waals surface area contributed by atoms with Crippen LogP contribution < -0.4 is 10.1 Å². The number of esters is 2. The molecule has 9 heteroatoms. The first-order chi connectivity index (χ1) is 14.7. The van der Waals surface area contributed by atoms with Crippen LogP contribution in [0.3, 0.4) is 0 Å². The highest BCUT2D eigenvalue weighted by Crippen LogP contribution is 2.28. The second-order valence-corrected chi connectivity index (χ2v) is 6.59. The minimum Gasteiger partial charge on any atom is -0.493 e. The summed E-state index contributed by atoms with van der Waals surface area (Å²) in [7, 11) is 0. The molecule has 0 aliphatic heterocycles. The van der Waals surface area contributed by atoms with Crippen molar-refractivity contribution in [3.05, 3.63) is 46.7 Å². The zero-order valence-electron chi connectivity index (χ0n) is 17.9. The van der Waals surface area contributed by atoms with Gasteiger partial charge in [-0.2, -0.15) is 0 Å². The van der Waals surface area contributed by atoms with Crippen molar-refractivity contribution >= 4 is 29.5 Å². The zero-order valence-corrected chi connectivity index (χ0v) is 17.9. The molecule has 9 nitrogen and oxygen atoms in total. The summed E-state index contributed by atoms with van der Waals surface area (Å²) in [5, 5.41) is 2.34. The maximum atomic E-state index is 12.2. The molecule has 1 aromatic heterocycles. The molecule has 2 rings (SSSR count). The Balaban J connectivity index is 1.91. The molecule has 2 aromatic rings. The zero-order chi connectivity index (χ0) is 23.0. The molecule has 0 aliphatic carbocycles. The molecule has 0 saturated carbocycles. The second kappa shape index (κ2) is 11.0. The lowest BCUT2D eigenvalue weighted by Gasteiger charge is -2.09. The first-order valence-corrected chi connectivity index (χ1v) is 9.69. The average molecular weight is 431 g/mol. The number of amides is 1. The number of furan rings is 1. The smallest absolute Gasteiger partial charge is 0.344 e. The molecule has 1 amide bonds. The van der Waals surface area contributed by atoms with Gasteiger partial charge in [-0.1, -0.05) is 18.2 Å². The summed E-state index contributed by atoms with van der Waals surface area (Å²) in [5.41, 5.74) is 0.795. The standard InChI is InChI=1S/C22H25NO8/c1-5-28-22(27)20-19(14(3)24)15(4)31-21(20)23-17(25)12-30-18(26)10-11-29-16-9-7-6-8-13(16)2/h6-9H,5,10-12H2,1-4H3,(H,23,25). The van der Waals surface area contributed by atoms with E-state index in [1.54, 1.807) is 13.0 Å². The topological polar surface area (TPSA) is 121 Å². The Hall–Kier alpha value is -3.62. The van der Waals surface area contributed by atoms with Crippen LogP contribution in [-0.4, -0.2) is 43.4 Å². The number of rotatable bonds is 10. The molecule has 0 bridgehead atoms. The van der Waals surface area contributed by atoms with Crippen LogP contribution in [0.15, 0.2) is 28.7 Å². The van der Waals surface area contributed by atoms with Gasteiger partial charge >= 0.3 is 11.9 Å². The van der Waals surface area contributed by atoms with E-state index in [2.05, 4.69) is 5.32 Å². The summed E-state index contributed by atoms with van der Waals surface area (Å²) in [6.45, 7) is 5.83. The van der Waals surface area contributed by atoms with Gasteiger partial charge in [-0.25, -0.2) is 4.79 Å². The lowest BCUT2D eigenvalue weighted by Crippen LogP contribution is -2.23. The predicted molar refractivity (Wildman–Crippen MR) is 110 cm³/mol. The number of Topliss-reactive ketones (excluding diaryl/α,β-unsaturated/α-hetero) is 1. The van der Waals surface area contributed by atoms with Crippen LogP contribution >= 0.6 is 0 Å². The first-order valence-electron chi connectivity index (χ1n) is 9.69. The third-order valence-corrected chi connectivity index (χ3v) is 4.19. The number of carbonyl (C=O) groups excluding carboxylic acids is 4. The van der Waals surface area contributed by atoms with E-state index in [9.17, 15) is 19.2 Å². The Morgan fingerprint density at radius 2 is 1.74 bits per heavy atom. The molecule has 0 unspecified atom stereocenters. The van der Waals surface area contributed by atoms with Gasteiger partial charge < -0.3 is 18.6 Å². The number of benzene rings is 1. The second-order valence-electron chi connectivity index (χ2n) is 6.59. The Morgan fingerprint density at radius 3 is 2.39 bits per heavy atom. The molecule has 0 spiro atoms. The molecule has 0 atom stereocenters. The Bertz CT molecular complexity index is 976. The van der Waals surface area contributed by atoms with Gasteiger partial charge in [0.2, 0.25) is 5.88 Å². The molecule has 0 fully saturated rings. The summed E-state index contributed by atoms with van der Waals surface area (Å²) in [4.78, 5) is 48.1. The minimum atomic E-state index is -0.801. The highest BCUT2D eigenvalue weighted by molar-refractivity contribution is 6.10. The molecule has 0 saturated heterocycles. The molecule has 166 valence electrons. The first kappa shape index (κ1) is 23.7. The monoisotopic (exact) mass is 431 g/mol.